The van der Waals surface area contributed by atoms with Crippen molar-refractivity contribution in [3.05, 3.63) is 53.3 Å². The number of thiocarbonyl (C=S) groups is 1. The van der Waals surface area contributed by atoms with Crippen molar-refractivity contribution in [1.82, 2.24) is 4.90 Å². The molecule has 7 heteroatoms. The monoisotopic (exact) mass is 388 g/mol. The van der Waals surface area contributed by atoms with Gasteiger partial charge in [0, 0.05) is 26.1 Å². The first kappa shape index (κ1) is 19.1. The summed E-state index contributed by atoms with van der Waals surface area (Å²) in [5.41, 5.74) is 1.81. The molecule has 0 bridgehead atoms. The Hall–Kier alpha value is -2.67. The van der Waals surface area contributed by atoms with Crippen molar-refractivity contribution in [2.45, 2.75) is 19.4 Å². The first-order valence-electron chi connectivity index (χ1n) is 8.54. The van der Waals surface area contributed by atoms with Gasteiger partial charge in [-0.25, -0.2) is 4.39 Å². The fraction of sp³-hybridized carbons (Fsp3) is 0.300. The van der Waals surface area contributed by atoms with Gasteiger partial charge in [0.05, 0.1) is 19.3 Å². The van der Waals surface area contributed by atoms with Crippen LogP contribution in [0.2, 0.25) is 0 Å². The summed E-state index contributed by atoms with van der Waals surface area (Å²) in [5.74, 6) is 0.639. The molecule has 5 nitrogen and oxygen atoms in total. The normalized spacial score (nSPS) is 13.2. The van der Waals surface area contributed by atoms with Crippen LogP contribution < -0.4 is 14.4 Å². The Labute approximate surface area is 163 Å². The van der Waals surface area contributed by atoms with E-state index in [1.54, 1.807) is 32.2 Å². The van der Waals surface area contributed by atoms with Crippen molar-refractivity contribution < 1.29 is 18.7 Å². The molecule has 1 heterocycles. The Morgan fingerprint density at radius 2 is 1.89 bits per heavy atom. The molecule has 1 amide bonds. The Kier molecular flexibility index (Phi) is 5.60. The third kappa shape index (κ3) is 4.03. The second-order valence-corrected chi connectivity index (χ2v) is 6.81. The highest BCUT2D eigenvalue weighted by molar-refractivity contribution is 7.80. The van der Waals surface area contributed by atoms with Gasteiger partial charge in [-0.15, -0.1) is 0 Å². The number of hydrogen-bond donors (Lipinski definition) is 0. The van der Waals surface area contributed by atoms with Crippen LogP contribution in [0.4, 0.5) is 10.1 Å². The van der Waals surface area contributed by atoms with E-state index < -0.39 is 5.82 Å². The maximum absolute atomic E-state index is 14.7. The molecule has 2 aromatic rings. The molecular weight excluding hydrogens is 367 g/mol. The maximum Gasteiger partial charge on any atom is 0.264 e. The van der Waals surface area contributed by atoms with Crippen LogP contribution in [0, 0.1) is 5.82 Å². The molecule has 0 saturated heterocycles. The number of carbonyl (C=O) groups excluding carboxylic acids is 1. The fourth-order valence-electron chi connectivity index (χ4n) is 2.98. The second kappa shape index (κ2) is 7.92. The number of anilines is 1. The van der Waals surface area contributed by atoms with Gasteiger partial charge in [0.15, 0.2) is 0 Å². The lowest BCUT2D eigenvalue weighted by atomic mass is 9.98. The number of halogens is 1. The van der Waals surface area contributed by atoms with Gasteiger partial charge in [0.2, 0.25) is 5.91 Å². The van der Waals surface area contributed by atoms with Crippen LogP contribution in [0.15, 0.2) is 36.4 Å². The summed E-state index contributed by atoms with van der Waals surface area (Å²) in [5, 5.41) is 0.280. The van der Waals surface area contributed by atoms with Gasteiger partial charge in [-0.05, 0) is 48.5 Å². The largest absolute Gasteiger partial charge is 0.497 e. The Bertz CT molecular complexity index is 868. The topological polar surface area (TPSA) is 42.0 Å². The lowest BCUT2D eigenvalue weighted by molar-refractivity contribution is -0.119. The number of ether oxygens (including phenoxy) is 2. The molecule has 0 atom stereocenters. The van der Waals surface area contributed by atoms with E-state index in [1.807, 2.05) is 24.3 Å². The van der Waals surface area contributed by atoms with Crippen molar-refractivity contribution in [2.75, 3.05) is 26.1 Å². The van der Waals surface area contributed by atoms with Crippen molar-refractivity contribution in [3.63, 3.8) is 0 Å². The van der Waals surface area contributed by atoms with Gasteiger partial charge in [0.1, 0.15) is 17.3 Å². The van der Waals surface area contributed by atoms with Gasteiger partial charge >= 0.3 is 0 Å². The first-order valence-corrected chi connectivity index (χ1v) is 8.95. The lowest BCUT2D eigenvalue weighted by Gasteiger charge is -2.31. The molecule has 1 aliphatic rings. The highest BCUT2D eigenvalue weighted by atomic mass is 32.1. The summed E-state index contributed by atoms with van der Waals surface area (Å²) in [4.78, 5) is 15.7. The maximum atomic E-state index is 14.7. The van der Waals surface area contributed by atoms with E-state index >= 15 is 0 Å². The summed E-state index contributed by atoms with van der Waals surface area (Å²) in [7, 11) is 5.14. The highest BCUT2D eigenvalue weighted by Crippen LogP contribution is 2.38. The molecule has 142 valence electrons. The number of benzene rings is 2. The highest BCUT2D eigenvalue weighted by Gasteiger charge is 2.30. The van der Waals surface area contributed by atoms with Crippen LogP contribution in [-0.2, 0) is 17.8 Å². The summed E-state index contributed by atoms with van der Waals surface area (Å²) < 4.78 is 25.6. The van der Waals surface area contributed by atoms with Crippen molar-refractivity contribution >= 4 is 29.0 Å². The minimum Gasteiger partial charge on any atom is -0.497 e. The summed E-state index contributed by atoms with van der Waals surface area (Å²) in [6.07, 6.45) is 0.702. The summed E-state index contributed by atoms with van der Waals surface area (Å²) >= 11 is 5.20. The Balaban J connectivity index is 1.95. The third-order valence-electron chi connectivity index (χ3n) is 4.41. The average Bonchev–Trinajstić information content (AvgIpc) is 2.66. The van der Waals surface area contributed by atoms with Gasteiger partial charge in [0.25, 0.3) is 5.17 Å². The molecule has 0 aliphatic carbocycles. The van der Waals surface area contributed by atoms with Gasteiger partial charge in [-0.1, -0.05) is 12.1 Å². The number of nitrogens with zero attached hydrogens (tertiary/aromatic N) is 2. The average molecular weight is 388 g/mol. The molecule has 27 heavy (non-hydrogen) atoms. The van der Waals surface area contributed by atoms with Crippen LogP contribution in [0.1, 0.15) is 17.5 Å². The van der Waals surface area contributed by atoms with E-state index in [1.165, 1.54) is 11.0 Å². The van der Waals surface area contributed by atoms with E-state index in [-0.39, 0.29) is 29.7 Å². The Morgan fingerprint density at radius 3 is 2.52 bits per heavy atom. The number of hydrogen-bond acceptors (Lipinski definition) is 4. The molecular formula is C20H21FN2O3S. The number of carbonyl (C=O) groups is 1. The van der Waals surface area contributed by atoms with Crippen molar-refractivity contribution in [1.29, 1.82) is 0 Å². The van der Waals surface area contributed by atoms with Crippen LogP contribution in [0.25, 0.3) is 0 Å². The molecule has 2 aromatic carbocycles. The molecule has 0 saturated carbocycles. The molecule has 3 rings (SSSR count). The number of rotatable bonds is 4. The summed E-state index contributed by atoms with van der Waals surface area (Å²) in [6.45, 7) is 0.272. The predicted molar refractivity (Wildman–Crippen MR) is 106 cm³/mol. The van der Waals surface area contributed by atoms with Crippen LogP contribution >= 0.6 is 12.2 Å². The number of methoxy groups -OCH3 is 1. The predicted octanol–water partition coefficient (Wildman–Crippen LogP) is 3.54. The van der Waals surface area contributed by atoms with Crippen molar-refractivity contribution in [2.24, 2.45) is 0 Å². The van der Waals surface area contributed by atoms with E-state index in [2.05, 4.69) is 0 Å². The smallest absolute Gasteiger partial charge is 0.264 e. The molecule has 0 spiro atoms. The zero-order valence-electron chi connectivity index (χ0n) is 15.5. The van der Waals surface area contributed by atoms with Crippen LogP contribution in [-0.4, -0.2) is 37.2 Å². The SMILES string of the molecule is COc1ccc(CN2C(=O)CCc3c(OC(=S)N(C)C)ccc(F)c32)cc1. The molecule has 0 unspecified atom stereocenters. The molecule has 0 fully saturated rings. The van der Waals surface area contributed by atoms with E-state index in [9.17, 15) is 9.18 Å². The first-order chi connectivity index (χ1) is 12.9. The molecule has 0 N–H and O–H groups in total. The minimum atomic E-state index is -0.449. The van der Waals surface area contributed by atoms with Gasteiger partial charge < -0.3 is 19.3 Å². The van der Waals surface area contributed by atoms with E-state index in [0.717, 1.165) is 11.3 Å². The molecule has 0 aromatic heterocycles. The molecule has 1 aliphatic heterocycles. The van der Waals surface area contributed by atoms with Crippen molar-refractivity contribution in [3.8, 4) is 11.5 Å². The fourth-order valence-corrected chi connectivity index (χ4v) is 3.07. The summed E-state index contributed by atoms with van der Waals surface area (Å²) in [6, 6.07) is 10.2. The van der Waals surface area contributed by atoms with Gasteiger partial charge in [-0.2, -0.15) is 0 Å². The zero-order valence-corrected chi connectivity index (χ0v) is 16.3. The number of amides is 1. The van der Waals surface area contributed by atoms with E-state index in [4.69, 9.17) is 21.7 Å². The van der Waals surface area contributed by atoms with Gasteiger partial charge in [-0.3, -0.25) is 4.79 Å². The third-order valence-corrected chi connectivity index (χ3v) is 4.86. The lowest BCUT2D eigenvalue weighted by Crippen LogP contribution is -2.36. The minimum absolute atomic E-state index is 0.121. The van der Waals surface area contributed by atoms with Crippen LogP contribution in [0.5, 0.6) is 11.5 Å². The quantitative estimate of drug-likeness (QED) is 0.750. The standard InChI is InChI=1S/C20H21FN2O3S/c1-22(2)20(27)26-17-10-9-16(21)19-15(17)8-11-18(24)23(19)12-13-4-6-14(25-3)7-5-13/h4-7,9-10H,8,11-12H2,1-3H3. The number of fused-ring (bicyclic) bond motifs is 1. The van der Waals surface area contributed by atoms with Crippen LogP contribution in [0.3, 0.4) is 0 Å². The second-order valence-electron chi connectivity index (χ2n) is 6.46. The Morgan fingerprint density at radius 1 is 1.19 bits per heavy atom. The zero-order chi connectivity index (χ0) is 19.6. The van der Waals surface area contributed by atoms with E-state index in [0.29, 0.717) is 17.7 Å². The molecule has 0 radical (unpaired) electrons.